The van der Waals surface area contributed by atoms with E-state index in [4.69, 9.17) is 16.6 Å². The van der Waals surface area contributed by atoms with E-state index < -0.39 is 60.2 Å². The third kappa shape index (κ3) is 12.3. The molecule has 1 aromatic carbocycles. The number of carboxylic acids is 2. The third-order valence-electron chi connectivity index (χ3n) is 5.56. The molecular formula is C25H39N5O7. The number of rotatable bonds is 17. The lowest BCUT2D eigenvalue weighted by atomic mass is 10.00. The van der Waals surface area contributed by atoms with Gasteiger partial charge >= 0.3 is 11.9 Å². The number of benzene rings is 1. The Bertz CT molecular complexity index is 910. The number of amides is 3. The Balaban J connectivity index is 3.08. The van der Waals surface area contributed by atoms with Gasteiger partial charge in [0.05, 0.1) is 12.5 Å². The van der Waals surface area contributed by atoms with Crippen molar-refractivity contribution in [3.8, 4) is 0 Å². The topological polar surface area (TPSA) is 214 Å². The summed E-state index contributed by atoms with van der Waals surface area (Å²) in [5, 5.41) is 25.7. The second-order valence-electron chi connectivity index (χ2n) is 9.33. The SMILES string of the molecule is CC(C)CC(NC(=O)C(N)CCCCN)C(=O)NC(Cc1ccccc1)C(=O)NC(CC(=O)O)C(=O)O. The number of nitrogens with two attached hydrogens (primary N) is 2. The number of carboxylic acid groups (broad SMARTS) is 2. The van der Waals surface area contributed by atoms with Crippen molar-refractivity contribution in [2.45, 2.75) is 76.5 Å². The molecule has 1 aromatic rings. The van der Waals surface area contributed by atoms with E-state index in [9.17, 15) is 29.1 Å². The van der Waals surface area contributed by atoms with Gasteiger partial charge in [-0.05, 0) is 37.3 Å². The van der Waals surface area contributed by atoms with E-state index >= 15 is 0 Å². The van der Waals surface area contributed by atoms with Crippen molar-refractivity contribution >= 4 is 29.7 Å². The number of hydrogen-bond acceptors (Lipinski definition) is 7. The molecule has 0 aromatic heterocycles. The van der Waals surface area contributed by atoms with Crippen molar-refractivity contribution in [1.29, 1.82) is 0 Å². The normalized spacial score (nSPS) is 14.2. The molecule has 0 saturated heterocycles. The number of unbranched alkanes of at least 4 members (excludes halogenated alkanes) is 1. The van der Waals surface area contributed by atoms with Crippen molar-refractivity contribution in [3.05, 3.63) is 35.9 Å². The van der Waals surface area contributed by atoms with Gasteiger partial charge in [0.1, 0.15) is 18.1 Å². The van der Waals surface area contributed by atoms with Crippen molar-refractivity contribution in [1.82, 2.24) is 16.0 Å². The van der Waals surface area contributed by atoms with Gasteiger partial charge in [-0.25, -0.2) is 4.79 Å². The molecule has 0 fully saturated rings. The molecule has 0 radical (unpaired) electrons. The van der Waals surface area contributed by atoms with Crippen molar-refractivity contribution < 1.29 is 34.2 Å². The highest BCUT2D eigenvalue weighted by Gasteiger charge is 2.31. The average Bonchev–Trinajstić information content (AvgIpc) is 2.82. The van der Waals surface area contributed by atoms with Crippen LogP contribution in [0.25, 0.3) is 0 Å². The molecule has 3 amide bonds. The minimum absolute atomic E-state index is 0.0119. The summed E-state index contributed by atoms with van der Waals surface area (Å²) < 4.78 is 0. The molecule has 0 aliphatic heterocycles. The first-order chi connectivity index (χ1) is 17.4. The Hall–Kier alpha value is -3.51. The number of aliphatic carboxylic acids is 2. The summed E-state index contributed by atoms with van der Waals surface area (Å²) >= 11 is 0. The molecule has 4 atom stereocenters. The van der Waals surface area contributed by atoms with Crippen LogP contribution in [-0.4, -0.2) is 70.6 Å². The van der Waals surface area contributed by atoms with Gasteiger partial charge in [0.25, 0.3) is 0 Å². The highest BCUT2D eigenvalue weighted by Crippen LogP contribution is 2.09. The van der Waals surface area contributed by atoms with Gasteiger partial charge in [0.15, 0.2) is 0 Å². The molecule has 0 aliphatic carbocycles. The molecule has 0 heterocycles. The molecule has 0 saturated carbocycles. The molecule has 206 valence electrons. The smallest absolute Gasteiger partial charge is 0.326 e. The summed E-state index contributed by atoms with van der Waals surface area (Å²) in [6.07, 6.45) is 1.22. The molecule has 0 spiro atoms. The fourth-order valence-electron chi connectivity index (χ4n) is 3.60. The van der Waals surface area contributed by atoms with E-state index in [1.807, 2.05) is 13.8 Å². The minimum Gasteiger partial charge on any atom is -0.481 e. The van der Waals surface area contributed by atoms with E-state index in [1.165, 1.54) is 0 Å². The molecule has 0 aliphatic rings. The lowest BCUT2D eigenvalue weighted by Crippen LogP contribution is -2.58. The van der Waals surface area contributed by atoms with Crippen LogP contribution < -0.4 is 27.4 Å². The monoisotopic (exact) mass is 521 g/mol. The summed E-state index contributed by atoms with van der Waals surface area (Å²) in [6, 6.07) is 3.98. The molecule has 9 N–H and O–H groups in total. The van der Waals surface area contributed by atoms with Crippen molar-refractivity contribution in [3.63, 3.8) is 0 Å². The predicted molar refractivity (Wildman–Crippen MR) is 136 cm³/mol. The first kappa shape index (κ1) is 31.5. The van der Waals surface area contributed by atoms with E-state index in [0.29, 0.717) is 31.4 Å². The van der Waals surface area contributed by atoms with E-state index in [2.05, 4.69) is 16.0 Å². The zero-order chi connectivity index (χ0) is 28.0. The maximum absolute atomic E-state index is 13.2. The average molecular weight is 522 g/mol. The largest absolute Gasteiger partial charge is 0.481 e. The van der Waals surface area contributed by atoms with Crippen LogP contribution in [0.5, 0.6) is 0 Å². The van der Waals surface area contributed by atoms with Crippen LogP contribution in [0.2, 0.25) is 0 Å². The summed E-state index contributed by atoms with van der Waals surface area (Å²) in [4.78, 5) is 61.3. The lowest BCUT2D eigenvalue weighted by molar-refractivity contribution is -0.147. The summed E-state index contributed by atoms with van der Waals surface area (Å²) in [7, 11) is 0. The van der Waals surface area contributed by atoms with Crippen LogP contribution in [0.1, 0.15) is 51.5 Å². The molecule has 37 heavy (non-hydrogen) atoms. The number of carbonyl (C=O) groups excluding carboxylic acids is 3. The number of carbonyl (C=O) groups is 5. The van der Waals surface area contributed by atoms with Crippen LogP contribution >= 0.6 is 0 Å². The maximum atomic E-state index is 13.2. The first-order valence-electron chi connectivity index (χ1n) is 12.3. The maximum Gasteiger partial charge on any atom is 0.326 e. The van der Waals surface area contributed by atoms with Gasteiger partial charge in [-0.1, -0.05) is 50.6 Å². The lowest BCUT2D eigenvalue weighted by Gasteiger charge is -2.26. The number of hydrogen-bond donors (Lipinski definition) is 7. The van der Waals surface area contributed by atoms with Crippen LogP contribution in [-0.2, 0) is 30.4 Å². The Kier molecular flexibility index (Phi) is 13.9. The highest BCUT2D eigenvalue weighted by molar-refractivity contribution is 5.94. The Morgan fingerprint density at radius 1 is 0.838 bits per heavy atom. The van der Waals surface area contributed by atoms with Crippen LogP contribution in [0.3, 0.4) is 0 Å². The first-order valence-corrected chi connectivity index (χ1v) is 12.3. The van der Waals surface area contributed by atoms with Gasteiger partial charge in [-0.2, -0.15) is 0 Å². The quantitative estimate of drug-likeness (QED) is 0.134. The van der Waals surface area contributed by atoms with Gasteiger partial charge in [0, 0.05) is 6.42 Å². The van der Waals surface area contributed by atoms with Gasteiger partial charge in [-0.3, -0.25) is 19.2 Å². The second-order valence-corrected chi connectivity index (χ2v) is 9.33. The Morgan fingerprint density at radius 3 is 1.95 bits per heavy atom. The highest BCUT2D eigenvalue weighted by atomic mass is 16.4. The van der Waals surface area contributed by atoms with Crippen LogP contribution in [0, 0.1) is 5.92 Å². The molecular weight excluding hydrogens is 482 g/mol. The fourth-order valence-corrected chi connectivity index (χ4v) is 3.60. The van der Waals surface area contributed by atoms with E-state index in [0.717, 1.165) is 0 Å². The zero-order valence-corrected chi connectivity index (χ0v) is 21.3. The van der Waals surface area contributed by atoms with Crippen LogP contribution in [0.4, 0.5) is 0 Å². The Morgan fingerprint density at radius 2 is 1.41 bits per heavy atom. The zero-order valence-electron chi connectivity index (χ0n) is 21.3. The van der Waals surface area contributed by atoms with E-state index in [-0.39, 0.29) is 18.8 Å². The molecule has 1 rings (SSSR count). The fraction of sp³-hybridized carbons (Fsp3) is 0.560. The van der Waals surface area contributed by atoms with Crippen molar-refractivity contribution in [2.75, 3.05) is 6.54 Å². The molecule has 12 nitrogen and oxygen atoms in total. The summed E-state index contributed by atoms with van der Waals surface area (Å²) in [5.41, 5.74) is 12.1. The minimum atomic E-state index is -1.68. The molecule has 0 bridgehead atoms. The van der Waals surface area contributed by atoms with Gasteiger partial charge in [-0.15, -0.1) is 0 Å². The van der Waals surface area contributed by atoms with Gasteiger partial charge < -0.3 is 37.6 Å². The summed E-state index contributed by atoms with van der Waals surface area (Å²) in [5.74, 6) is -4.92. The summed E-state index contributed by atoms with van der Waals surface area (Å²) in [6.45, 7) is 4.21. The van der Waals surface area contributed by atoms with E-state index in [1.54, 1.807) is 30.3 Å². The second kappa shape index (κ2) is 16.3. The predicted octanol–water partition coefficient (Wildman–Crippen LogP) is -0.255. The molecule has 4 unspecified atom stereocenters. The van der Waals surface area contributed by atoms with Crippen LogP contribution in [0.15, 0.2) is 30.3 Å². The van der Waals surface area contributed by atoms with Crippen molar-refractivity contribution in [2.24, 2.45) is 17.4 Å². The molecule has 12 heteroatoms. The standard InChI is InChI=1S/C25H39N5O7/c1-15(2)12-18(28-22(33)17(27)10-6-7-11-26)23(34)29-19(13-16-8-4-3-5-9-16)24(35)30-20(25(36)37)14-21(31)32/h3-5,8-9,15,17-20H,6-7,10-14,26-27H2,1-2H3,(H,28,33)(H,29,34)(H,30,35)(H,31,32)(H,36,37). The number of nitrogens with one attached hydrogen (secondary N) is 3. The Labute approximate surface area is 216 Å². The van der Waals surface area contributed by atoms with Gasteiger partial charge in [0.2, 0.25) is 17.7 Å². The third-order valence-corrected chi connectivity index (χ3v) is 5.56.